The van der Waals surface area contributed by atoms with Gasteiger partial charge in [0.15, 0.2) is 0 Å². The number of carbonyl (C=O) groups excluding carboxylic acids is 4. The molecule has 15 heteroatoms. The highest BCUT2D eigenvalue weighted by atomic mass is 16.6. The lowest BCUT2D eigenvalue weighted by Crippen LogP contribution is -2.55. The van der Waals surface area contributed by atoms with Crippen molar-refractivity contribution in [3.63, 3.8) is 0 Å². The summed E-state index contributed by atoms with van der Waals surface area (Å²) in [7, 11) is 0. The molecule has 4 aliphatic rings. The van der Waals surface area contributed by atoms with Crippen molar-refractivity contribution in [1.82, 2.24) is 10.2 Å². The first-order valence-electron chi connectivity index (χ1n) is 23.4. The average Bonchev–Trinajstić information content (AvgIpc) is 3.72. The molecule has 3 fully saturated rings. The van der Waals surface area contributed by atoms with Gasteiger partial charge in [-0.3, -0.25) is 29.4 Å². The van der Waals surface area contributed by atoms with Crippen LogP contribution in [0.5, 0.6) is 5.75 Å². The number of imide groups is 1. The fourth-order valence-electron chi connectivity index (χ4n) is 10.7. The molecule has 5 aromatic rings. The maximum absolute atomic E-state index is 16.4. The lowest BCUT2D eigenvalue weighted by atomic mass is 9.65. The van der Waals surface area contributed by atoms with Crippen LogP contribution < -0.4 is 15.0 Å². The molecule has 0 bridgehead atoms. The Labute approximate surface area is 404 Å². The van der Waals surface area contributed by atoms with Gasteiger partial charge in [0.2, 0.25) is 11.8 Å². The number of benzene rings is 5. The summed E-state index contributed by atoms with van der Waals surface area (Å²) < 4.78 is 18.2. The second-order valence-corrected chi connectivity index (χ2v) is 18.0. The topological polar surface area (TPSA) is 198 Å². The van der Waals surface area contributed by atoms with Crippen LogP contribution in [0.4, 0.5) is 16.2 Å². The van der Waals surface area contributed by atoms with Crippen LogP contribution in [-0.4, -0.2) is 75.3 Å². The van der Waals surface area contributed by atoms with Crippen LogP contribution in [0.1, 0.15) is 90.1 Å². The van der Waals surface area contributed by atoms with Gasteiger partial charge in [-0.25, -0.2) is 9.69 Å². The van der Waals surface area contributed by atoms with Crippen LogP contribution in [-0.2, 0) is 35.9 Å². The van der Waals surface area contributed by atoms with Crippen molar-refractivity contribution in [2.45, 2.75) is 80.4 Å². The van der Waals surface area contributed by atoms with E-state index in [4.69, 9.17) is 14.2 Å². The quantitative estimate of drug-likeness (QED) is 0.0276. The number of hydrogen-bond donors (Lipinski definition) is 3. The summed E-state index contributed by atoms with van der Waals surface area (Å²) in [5.74, 6) is 2.81. The standard InChI is InChI=1S/C55H52N4O11/c1-2-31-56-50(61)45-47-51(62)70-48(39-15-9-6-10-16-39)46(38-13-7-5-8-14-38)58(47)49(40-20-24-42(25-21-40)68-33-32-60)55(45)43-34-36(27-30-54(65)28-11-3-4-12-29-54)19-26-44(43)57(52(55)63)53(64)69-35-37-17-22-41(23-18-37)59(66)67/h2,5-10,13-26,34,45-49,60,65H,1,3-4,11-12,28-29,31-33,35H2,(H,56,61). The van der Waals surface area contributed by atoms with Gasteiger partial charge >= 0.3 is 12.1 Å². The van der Waals surface area contributed by atoms with Crippen molar-refractivity contribution in [3.05, 3.63) is 184 Å². The first kappa shape index (κ1) is 47.4. The monoisotopic (exact) mass is 944 g/mol. The number of morpholine rings is 1. The number of aliphatic hydroxyl groups excluding tert-OH is 1. The Bertz CT molecular complexity index is 2840. The zero-order chi connectivity index (χ0) is 49.0. The first-order valence-corrected chi connectivity index (χ1v) is 23.4. The number of amides is 3. The number of cyclic esters (lactones) is 1. The highest BCUT2D eigenvalue weighted by Crippen LogP contribution is 2.66. The van der Waals surface area contributed by atoms with Crippen LogP contribution in [0.25, 0.3) is 0 Å². The van der Waals surface area contributed by atoms with Crippen LogP contribution >= 0.6 is 0 Å². The highest BCUT2D eigenvalue weighted by Gasteiger charge is 2.75. The molecule has 9 rings (SSSR count). The number of nitrogens with zero attached hydrogens (tertiary/aromatic N) is 3. The Hall–Kier alpha value is -7.64. The number of non-ortho nitro benzene ring substituents is 1. The summed E-state index contributed by atoms with van der Waals surface area (Å²) >= 11 is 0. The summed E-state index contributed by atoms with van der Waals surface area (Å²) in [4.78, 5) is 75.5. The van der Waals surface area contributed by atoms with Gasteiger partial charge in [0.1, 0.15) is 42.1 Å². The van der Waals surface area contributed by atoms with E-state index in [1.54, 1.807) is 42.5 Å². The second-order valence-electron chi connectivity index (χ2n) is 18.0. The zero-order valence-electron chi connectivity index (χ0n) is 38.3. The van der Waals surface area contributed by atoms with E-state index in [1.165, 1.54) is 30.3 Å². The molecule has 0 aromatic heterocycles. The number of rotatable bonds is 12. The molecule has 1 aliphatic carbocycles. The first-order chi connectivity index (χ1) is 34.0. The fraction of sp³-hybridized carbons (Fsp3) is 0.309. The van der Waals surface area contributed by atoms with E-state index < -0.39 is 70.0 Å². The minimum Gasteiger partial charge on any atom is -0.491 e. The molecule has 15 nitrogen and oxygen atoms in total. The number of carbonyl (C=O) groups is 4. The Morgan fingerprint density at radius 2 is 1.54 bits per heavy atom. The van der Waals surface area contributed by atoms with Crippen LogP contribution in [0.3, 0.4) is 0 Å². The van der Waals surface area contributed by atoms with Crippen molar-refractivity contribution in [1.29, 1.82) is 0 Å². The molecular formula is C55H52N4O11. The van der Waals surface area contributed by atoms with Crippen molar-refractivity contribution in [2.75, 3.05) is 24.7 Å². The molecule has 1 spiro atoms. The molecule has 358 valence electrons. The van der Waals surface area contributed by atoms with E-state index in [-0.39, 0.29) is 43.3 Å². The number of nitro benzene ring substituents is 1. The molecule has 6 atom stereocenters. The van der Waals surface area contributed by atoms with Gasteiger partial charge in [-0.05, 0) is 96.0 Å². The minimum atomic E-state index is -2.11. The van der Waals surface area contributed by atoms with Gasteiger partial charge in [-0.2, -0.15) is 0 Å². The number of nitro groups is 1. The number of ether oxygens (including phenoxy) is 3. The lowest BCUT2D eigenvalue weighted by Gasteiger charge is -2.46. The van der Waals surface area contributed by atoms with Gasteiger partial charge in [-0.1, -0.05) is 104 Å². The van der Waals surface area contributed by atoms with Crippen LogP contribution in [0, 0.1) is 27.9 Å². The van der Waals surface area contributed by atoms with E-state index in [9.17, 15) is 25.1 Å². The van der Waals surface area contributed by atoms with Crippen molar-refractivity contribution in [3.8, 4) is 17.6 Å². The Kier molecular flexibility index (Phi) is 13.6. The average molecular weight is 945 g/mol. The summed E-state index contributed by atoms with van der Waals surface area (Å²) in [6, 6.07) is 32.3. The molecule has 3 N–H and O–H groups in total. The largest absolute Gasteiger partial charge is 0.491 e. The Morgan fingerprint density at radius 1 is 0.871 bits per heavy atom. The molecule has 3 aliphatic heterocycles. The maximum Gasteiger partial charge on any atom is 0.421 e. The SMILES string of the molecule is C=CCNC(=O)C1C2C(=O)OC(c3ccccc3)C(c3ccccc3)N2C(c2ccc(OCCO)cc2)C12C(=O)N(C(=O)OCc1ccc([N+](=O)[O-])cc1)c1ccc(C#CC3(O)CCCCCC3)cc12. The number of hydrogen-bond acceptors (Lipinski definition) is 12. The van der Waals surface area contributed by atoms with Crippen molar-refractivity contribution < 1.29 is 48.5 Å². The second kappa shape index (κ2) is 20.1. The summed E-state index contributed by atoms with van der Waals surface area (Å²) in [5.41, 5.74) is -0.608. The Morgan fingerprint density at radius 3 is 2.19 bits per heavy atom. The van der Waals surface area contributed by atoms with Crippen LogP contribution in [0.15, 0.2) is 140 Å². The molecule has 6 unspecified atom stereocenters. The lowest BCUT2D eigenvalue weighted by molar-refractivity contribution is -0.384. The fourth-order valence-corrected chi connectivity index (χ4v) is 10.7. The van der Waals surface area contributed by atoms with Gasteiger partial charge in [0, 0.05) is 24.2 Å². The molecule has 70 heavy (non-hydrogen) atoms. The van der Waals surface area contributed by atoms with Crippen molar-refractivity contribution >= 4 is 35.3 Å². The predicted octanol–water partition coefficient (Wildman–Crippen LogP) is 7.71. The van der Waals surface area contributed by atoms with Crippen LogP contribution in [0.2, 0.25) is 0 Å². The molecule has 3 amide bonds. The third kappa shape index (κ3) is 8.81. The Balaban J connectivity index is 1.30. The number of esters is 1. The van der Waals surface area contributed by atoms with E-state index in [1.807, 2.05) is 65.6 Å². The number of anilines is 1. The molecule has 5 aromatic carbocycles. The van der Waals surface area contributed by atoms with E-state index in [2.05, 4.69) is 23.7 Å². The highest BCUT2D eigenvalue weighted by molar-refractivity contribution is 6.23. The van der Waals surface area contributed by atoms with Gasteiger partial charge in [-0.15, -0.1) is 6.58 Å². The summed E-state index contributed by atoms with van der Waals surface area (Å²) in [5, 5.41) is 35.6. The van der Waals surface area contributed by atoms with E-state index >= 15 is 14.4 Å². The predicted molar refractivity (Wildman–Crippen MR) is 257 cm³/mol. The van der Waals surface area contributed by atoms with Gasteiger partial charge in [0.05, 0.1) is 35.2 Å². The molecule has 3 heterocycles. The smallest absolute Gasteiger partial charge is 0.421 e. The third-order valence-corrected chi connectivity index (χ3v) is 13.8. The summed E-state index contributed by atoms with van der Waals surface area (Å²) in [6.07, 6.45) is 3.95. The van der Waals surface area contributed by atoms with E-state index in [0.29, 0.717) is 46.4 Å². The maximum atomic E-state index is 16.4. The number of nitrogens with one attached hydrogen (secondary N) is 1. The number of aliphatic hydroxyl groups is 2. The van der Waals surface area contributed by atoms with Gasteiger partial charge < -0.3 is 29.7 Å². The molecule has 1 saturated carbocycles. The molecule has 0 radical (unpaired) electrons. The summed E-state index contributed by atoms with van der Waals surface area (Å²) in [6.45, 7) is 3.17. The third-order valence-electron chi connectivity index (χ3n) is 13.8. The molecule has 2 saturated heterocycles. The van der Waals surface area contributed by atoms with Gasteiger partial charge in [0.25, 0.3) is 5.69 Å². The normalized spacial score (nSPS) is 23.5. The number of fused-ring (bicyclic) bond motifs is 3. The van der Waals surface area contributed by atoms with E-state index in [0.717, 1.165) is 30.6 Å². The molecular weight excluding hydrogens is 893 g/mol. The van der Waals surface area contributed by atoms with Crippen molar-refractivity contribution in [2.24, 2.45) is 5.92 Å². The minimum absolute atomic E-state index is 0.00881. The zero-order valence-corrected chi connectivity index (χ0v) is 38.3.